The highest BCUT2D eigenvalue weighted by Crippen LogP contribution is 2.23. The highest BCUT2D eigenvalue weighted by atomic mass is 32.1. The third-order valence-electron chi connectivity index (χ3n) is 4.15. The Morgan fingerprint density at radius 3 is 2.96 bits per heavy atom. The molecule has 3 rings (SSSR count). The Morgan fingerprint density at radius 2 is 2.13 bits per heavy atom. The molecule has 23 heavy (non-hydrogen) atoms. The highest BCUT2D eigenvalue weighted by Gasteiger charge is 2.19. The molecule has 1 amide bonds. The van der Waals surface area contributed by atoms with Gasteiger partial charge in [0.1, 0.15) is 0 Å². The van der Waals surface area contributed by atoms with Gasteiger partial charge in [0.2, 0.25) is 5.91 Å². The standard InChI is InChI=1S/C18H22N2O2S/c1-22-13-16-5-3-2-4-14(16)10-19-18(21)12-20-8-6-17-15(11-20)7-9-23-17/h2-5,7,9H,6,8,10-13H2,1H3,(H,19,21). The maximum atomic E-state index is 12.2. The minimum absolute atomic E-state index is 0.0795. The number of rotatable bonds is 6. The molecule has 0 unspecified atom stereocenters. The zero-order valence-electron chi connectivity index (χ0n) is 13.4. The van der Waals surface area contributed by atoms with E-state index in [4.69, 9.17) is 4.74 Å². The molecule has 0 spiro atoms. The van der Waals surface area contributed by atoms with E-state index in [9.17, 15) is 4.79 Å². The van der Waals surface area contributed by atoms with E-state index in [-0.39, 0.29) is 5.91 Å². The first-order valence-electron chi connectivity index (χ1n) is 7.86. The Balaban J connectivity index is 1.51. The number of carbonyl (C=O) groups excluding carboxylic acids is 1. The topological polar surface area (TPSA) is 41.6 Å². The Bertz CT molecular complexity index is 669. The van der Waals surface area contributed by atoms with Crippen molar-refractivity contribution in [1.82, 2.24) is 10.2 Å². The minimum Gasteiger partial charge on any atom is -0.380 e. The van der Waals surface area contributed by atoms with E-state index in [0.29, 0.717) is 19.7 Å². The van der Waals surface area contributed by atoms with Gasteiger partial charge in [0.15, 0.2) is 0 Å². The highest BCUT2D eigenvalue weighted by molar-refractivity contribution is 7.10. The molecule has 5 heteroatoms. The number of fused-ring (bicyclic) bond motifs is 1. The maximum absolute atomic E-state index is 12.2. The van der Waals surface area contributed by atoms with Gasteiger partial charge in [0.05, 0.1) is 13.2 Å². The quantitative estimate of drug-likeness (QED) is 0.885. The van der Waals surface area contributed by atoms with Crippen LogP contribution in [0.3, 0.4) is 0 Å². The first kappa shape index (κ1) is 16.2. The van der Waals surface area contributed by atoms with Crippen molar-refractivity contribution < 1.29 is 9.53 Å². The Hall–Kier alpha value is -1.69. The monoisotopic (exact) mass is 330 g/mol. The lowest BCUT2D eigenvalue weighted by Gasteiger charge is -2.26. The van der Waals surface area contributed by atoms with Crippen LogP contribution >= 0.6 is 11.3 Å². The number of hydrogen-bond donors (Lipinski definition) is 1. The van der Waals surface area contributed by atoms with Crippen LogP contribution in [0.4, 0.5) is 0 Å². The summed E-state index contributed by atoms with van der Waals surface area (Å²) in [4.78, 5) is 15.9. The molecule has 0 bridgehead atoms. The summed E-state index contributed by atoms with van der Waals surface area (Å²) in [6, 6.07) is 10.2. The number of amides is 1. The van der Waals surface area contributed by atoms with Gasteiger partial charge >= 0.3 is 0 Å². The molecular weight excluding hydrogens is 308 g/mol. The molecule has 2 aromatic rings. The number of thiophene rings is 1. The van der Waals surface area contributed by atoms with E-state index in [1.807, 2.05) is 35.6 Å². The predicted octanol–water partition coefficient (Wildman–Crippen LogP) is 2.57. The lowest BCUT2D eigenvalue weighted by Crippen LogP contribution is -2.39. The Kier molecular flexibility index (Phi) is 5.43. The van der Waals surface area contributed by atoms with Crippen LogP contribution in [0.25, 0.3) is 0 Å². The number of benzene rings is 1. The van der Waals surface area contributed by atoms with Crippen molar-refractivity contribution in [2.45, 2.75) is 26.1 Å². The molecule has 122 valence electrons. The number of nitrogens with one attached hydrogen (secondary N) is 1. The van der Waals surface area contributed by atoms with Crippen molar-refractivity contribution in [3.8, 4) is 0 Å². The van der Waals surface area contributed by atoms with Crippen molar-refractivity contribution in [1.29, 1.82) is 0 Å². The summed E-state index contributed by atoms with van der Waals surface area (Å²) in [5, 5.41) is 5.17. The average molecular weight is 330 g/mol. The molecule has 1 aromatic carbocycles. The van der Waals surface area contributed by atoms with Crippen molar-refractivity contribution in [2.75, 3.05) is 20.2 Å². The second-order valence-corrected chi connectivity index (χ2v) is 6.81. The van der Waals surface area contributed by atoms with E-state index in [1.165, 1.54) is 10.4 Å². The fourth-order valence-corrected chi connectivity index (χ4v) is 3.81. The fraction of sp³-hybridized carbons (Fsp3) is 0.389. The molecule has 0 saturated carbocycles. The van der Waals surface area contributed by atoms with Crippen LogP contribution in [0, 0.1) is 0 Å². The van der Waals surface area contributed by atoms with Crippen LogP contribution < -0.4 is 5.32 Å². The summed E-state index contributed by atoms with van der Waals surface area (Å²) >= 11 is 1.82. The second kappa shape index (κ2) is 7.73. The summed E-state index contributed by atoms with van der Waals surface area (Å²) in [5.74, 6) is 0.0795. The van der Waals surface area contributed by atoms with E-state index in [2.05, 4.69) is 21.7 Å². The zero-order chi connectivity index (χ0) is 16.1. The van der Waals surface area contributed by atoms with E-state index >= 15 is 0 Å². The van der Waals surface area contributed by atoms with Gasteiger partial charge in [-0.15, -0.1) is 11.3 Å². The zero-order valence-corrected chi connectivity index (χ0v) is 14.2. The molecule has 1 aliphatic heterocycles. The van der Waals surface area contributed by atoms with Gasteiger partial charge in [0, 0.05) is 31.6 Å². The van der Waals surface area contributed by atoms with Crippen molar-refractivity contribution in [3.63, 3.8) is 0 Å². The summed E-state index contributed by atoms with van der Waals surface area (Å²) in [7, 11) is 1.68. The molecule has 1 aliphatic rings. The van der Waals surface area contributed by atoms with Gasteiger partial charge in [-0.2, -0.15) is 0 Å². The van der Waals surface area contributed by atoms with Crippen LogP contribution in [0.1, 0.15) is 21.6 Å². The van der Waals surface area contributed by atoms with E-state index < -0.39 is 0 Å². The largest absolute Gasteiger partial charge is 0.380 e. The molecule has 0 atom stereocenters. The second-order valence-electron chi connectivity index (χ2n) is 5.81. The molecule has 1 aromatic heterocycles. The lowest BCUT2D eigenvalue weighted by atomic mass is 10.1. The van der Waals surface area contributed by atoms with Crippen LogP contribution in [-0.2, 0) is 35.6 Å². The summed E-state index contributed by atoms with van der Waals surface area (Å²) in [6.07, 6.45) is 1.05. The van der Waals surface area contributed by atoms with Crippen LogP contribution in [-0.4, -0.2) is 31.0 Å². The number of methoxy groups -OCH3 is 1. The van der Waals surface area contributed by atoms with Crippen LogP contribution in [0.2, 0.25) is 0 Å². The van der Waals surface area contributed by atoms with Gasteiger partial charge < -0.3 is 10.1 Å². The minimum atomic E-state index is 0.0795. The van der Waals surface area contributed by atoms with Gasteiger partial charge in [-0.05, 0) is 34.6 Å². The van der Waals surface area contributed by atoms with Gasteiger partial charge in [-0.3, -0.25) is 9.69 Å². The lowest BCUT2D eigenvalue weighted by molar-refractivity contribution is -0.122. The van der Waals surface area contributed by atoms with Crippen molar-refractivity contribution in [2.24, 2.45) is 0 Å². The summed E-state index contributed by atoms with van der Waals surface area (Å²) < 4.78 is 5.20. The SMILES string of the molecule is COCc1ccccc1CNC(=O)CN1CCc2sccc2C1. The Labute approximate surface area is 141 Å². The molecule has 2 heterocycles. The normalized spacial score (nSPS) is 14.5. The average Bonchev–Trinajstić information content (AvgIpc) is 3.02. The summed E-state index contributed by atoms with van der Waals surface area (Å²) in [6.45, 7) is 3.42. The summed E-state index contributed by atoms with van der Waals surface area (Å²) in [5.41, 5.74) is 3.61. The van der Waals surface area contributed by atoms with Crippen molar-refractivity contribution in [3.05, 3.63) is 57.3 Å². The van der Waals surface area contributed by atoms with Crippen molar-refractivity contribution >= 4 is 17.2 Å². The molecule has 4 nitrogen and oxygen atoms in total. The van der Waals surface area contributed by atoms with Gasteiger partial charge in [0.25, 0.3) is 0 Å². The Morgan fingerprint density at radius 1 is 1.30 bits per heavy atom. The number of hydrogen-bond acceptors (Lipinski definition) is 4. The van der Waals surface area contributed by atoms with E-state index in [0.717, 1.165) is 30.6 Å². The van der Waals surface area contributed by atoms with Crippen LogP contribution in [0.5, 0.6) is 0 Å². The maximum Gasteiger partial charge on any atom is 0.234 e. The van der Waals surface area contributed by atoms with E-state index in [1.54, 1.807) is 7.11 Å². The van der Waals surface area contributed by atoms with Crippen LogP contribution in [0.15, 0.2) is 35.7 Å². The molecule has 1 N–H and O–H groups in total. The third-order valence-corrected chi connectivity index (χ3v) is 5.17. The first-order chi connectivity index (χ1) is 11.3. The number of ether oxygens (including phenoxy) is 1. The predicted molar refractivity (Wildman–Crippen MR) is 92.3 cm³/mol. The molecular formula is C18H22N2O2S. The molecule has 0 fully saturated rings. The number of carbonyl (C=O) groups is 1. The first-order valence-corrected chi connectivity index (χ1v) is 8.74. The fourth-order valence-electron chi connectivity index (χ4n) is 2.92. The molecule has 0 aliphatic carbocycles. The van der Waals surface area contributed by atoms with Gasteiger partial charge in [-0.25, -0.2) is 0 Å². The van der Waals surface area contributed by atoms with Gasteiger partial charge in [-0.1, -0.05) is 24.3 Å². The smallest absolute Gasteiger partial charge is 0.234 e. The third kappa shape index (κ3) is 4.19. The number of nitrogens with zero attached hydrogens (tertiary/aromatic N) is 1. The molecule has 0 saturated heterocycles. The molecule has 0 radical (unpaired) electrons.